The van der Waals surface area contributed by atoms with Crippen LogP contribution in [0, 0.1) is 5.82 Å². The normalized spacial score (nSPS) is 13.9. The van der Waals surface area contributed by atoms with E-state index in [-0.39, 0.29) is 11.8 Å². The highest BCUT2D eigenvalue weighted by Crippen LogP contribution is 2.17. The number of ether oxygens (including phenoxy) is 1. The van der Waals surface area contributed by atoms with E-state index in [1.165, 1.54) is 11.6 Å². The average molecular weight is 400 g/mol. The molecule has 1 aliphatic heterocycles. The van der Waals surface area contributed by atoms with E-state index in [0.29, 0.717) is 12.4 Å². The smallest absolute Gasteiger partial charge is 0.321 e. The molecule has 2 aromatic rings. The topological polar surface area (TPSA) is 53.6 Å². The molecule has 2 aromatic carbocycles. The van der Waals surface area contributed by atoms with Crippen LogP contribution in [0.5, 0.6) is 5.75 Å². The van der Waals surface area contributed by atoms with Crippen LogP contribution in [-0.4, -0.2) is 43.7 Å². The number of halogens is 1. The first-order valence-electron chi connectivity index (χ1n) is 10.5. The van der Waals surface area contributed by atoms with Gasteiger partial charge in [-0.15, -0.1) is 0 Å². The molecular weight excluding hydrogens is 369 g/mol. The number of anilines is 1. The Bertz CT molecular complexity index is 761. The number of hydrogen-bond donors (Lipinski definition) is 2. The van der Waals surface area contributed by atoms with E-state index in [1.807, 2.05) is 17.0 Å². The van der Waals surface area contributed by atoms with Gasteiger partial charge in [0.05, 0.1) is 6.61 Å². The largest absolute Gasteiger partial charge is 0.491 e. The molecule has 1 aliphatic rings. The van der Waals surface area contributed by atoms with Crippen molar-refractivity contribution in [3.8, 4) is 5.75 Å². The van der Waals surface area contributed by atoms with Gasteiger partial charge in [-0.1, -0.05) is 37.1 Å². The maximum absolute atomic E-state index is 13.4. The summed E-state index contributed by atoms with van der Waals surface area (Å²) >= 11 is 0. The fourth-order valence-corrected chi connectivity index (χ4v) is 3.35. The number of amides is 2. The third-order valence-electron chi connectivity index (χ3n) is 5.06. The number of benzene rings is 2. The van der Waals surface area contributed by atoms with E-state index < -0.39 is 0 Å². The molecule has 3 rings (SSSR count). The van der Waals surface area contributed by atoms with E-state index in [4.69, 9.17) is 4.74 Å². The Morgan fingerprint density at radius 3 is 2.48 bits per heavy atom. The quantitative estimate of drug-likeness (QED) is 0.613. The second-order valence-corrected chi connectivity index (χ2v) is 7.31. The minimum atomic E-state index is -0.305. The molecule has 1 fully saturated rings. The van der Waals surface area contributed by atoms with Crippen molar-refractivity contribution >= 4 is 11.7 Å². The number of carbonyl (C=O) groups is 1. The van der Waals surface area contributed by atoms with Crippen LogP contribution >= 0.6 is 0 Å². The van der Waals surface area contributed by atoms with Crippen LogP contribution in [0.2, 0.25) is 0 Å². The van der Waals surface area contributed by atoms with Crippen molar-refractivity contribution in [3.05, 3.63) is 59.9 Å². The molecule has 6 heteroatoms. The van der Waals surface area contributed by atoms with E-state index in [1.54, 1.807) is 18.2 Å². The van der Waals surface area contributed by atoms with Gasteiger partial charge in [0.1, 0.15) is 0 Å². The van der Waals surface area contributed by atoms with Gasteiger partial charge in [0.25, 0.3) is 0 Å². The molecular formula is C23H30FN3O2. The van der Waals surface area contributed by atoms with E-state index in [2.05, 4.69) is 22.8 Å². The zero-order chi connectivity index (χ0) is 20.3. The lowest BCUT2D eigenvalue weighted by Gasteiger charge is -2.27. The highest BCUT2D eigenvalue weighted by atomic mass is 19.1. The highest BCUT2D eigenvalue weighted by molar-refractivity contribution is 5.89. The Labute approximate surface area is 172 Å². The molecule has 1 saturated heterocycles. The highest BCUT2D eigenvalue weighted by Gasteiger charge is 2.15. The van der Waals surface area contributed by atoms with Crippen LogP contribution in [0.3, 0.4) is 0 Å². The molecule has 2 N–H and O–H groups in total. The Balaban J connectivity index is 1.28. The average Bonchev–Trinajstić information content (AvgIpc) is 2.76. The molecule has 0 spiro atoms. The maximum Gasteiger partial charge on any atom is 0.321 e. The summed E-state index contributed by atoms with van der Waals surface area (Å²) in [5.41, 5.74) is 2.11. The second kappa shape index (κ2) is 11.4. The summed E-state index contributed by atoms with van der Waals surface area (Å²) in [6.07, 6.45) is 5.22. The molecule has 156 valence electrons. The van der Waals surface area contributed by atoms with Crippen molar-refractivity contribution in [1.29, 1.82) is 0 Å². The van der Waals surface area contributed by atoms with Gasteiger partial charge in [0, 0.05) is 31.9 Å². The van der Waals surface area contributed by atoms with Crippen molar-refractivity contribution < 1.29 is 13.9 Å². The van der Waals surface area contributed by atoms with Crippen molar-refractivity contribution in [2.45, 2.75) is 32.1 Å². The number of aryl methyl sites for hydroxylation is 1. The number of nitrogens with zero attached hydrogens (tertiary/aromatic N) is 1. The molecule has 0 radical (unpaired) electrons. The SMILES string of the molecule is O=C(Nc1ccc(CCCCCCOc2ccccc2F)cc1)N1CCNCC1. The summed E-state index contributed by atoms with van der Waals surface area (Å²) in [5, 5.41) is 6.21. The van der Waals surface area contributed by atoms with Crippen molar-refractivity contribution in [1.82, 2.24) is 10.2 Å². The number of para-hydroxylation sites is 1. The number of nitrogens with one attached hydrogen (secondary N) is 2. The van der Waals surface area contributed by atoms with Gasteiger partial charge >= 0.3 is 6.03 Å². The number of piperazine rings is 1. The van der Waals surface area contributed by atoms with Crippen LogP contribution in [0.1, 0.15) is 31.2 Å². The first-order valence-corrected chi connectivity index (χ1v) is 10.5. The molecule has 0 saturated carbocycles. The minimum absolute atomic E-state index is 0.0307. The Kier molecular flexibility index (Phi) is 8.31. The third-order valence-corrected chi connectivity index (χ3v) is 5.06. The standard InChI is InChI=1S/C23H30FN3O2/c24-21-8-4-5-9-22(21)29-18-6-2-1-3-7-19-10-12-20(13-11-19)26-23(28)27-16-14-25-15-17-27/h4-5,8-13,25H,1-3,6-7,14-18H2,(H,26,28). The summed E-state index contributed by atoms with van der Waals surface area (Å²) in [6.45, 7) is 3.73. The third kappa shape index (κ3) is 7.06. The lowest BCUT2D eigenvalue weighted by molar-refractivity contribution is 0.204. The van der Waals surface area contributed by atoms with Crippen LogP contribution in [0.4, 0.5) is 14.9 Å². The Morgan fingerprint density at radius 1 is 1.00 bits per heavy atom. The molecule has 0 aliphatic carbocycles. The predicted molar refractivity (Wildman–Crippen MR) is 114 cm³/mol. The number of urea groups is 1. The predicted octanol–water partition coefficient (Wildman–Crippen LogP) is 4.44. The molecule has 0 atom stereocenters. The van der Waals surface area contributed by atoms with Gasteiger partial charge < -0.3 is 20.3 Å². The van der Waals surface area contributed by atoms with Crippen molar-refractivity contribution in [2.24, 2.45) is 0 Å². The molecule has 0 unspecified atom stereocenters. The van der Waals surface area contributed by atoms with Gasteiger partial charge in [0.2, 0.25) is 0 Å². The summed E-state index contributed by atoms with van der Waals surface area (Å²) in [7, 11) is 0. The molecule has 1 heterocycles. The molecule has 0 bridgehead atoms. The molecule has 2 amide bonds. The Hall–Kier alpha value is -2.60. The first-order chi connectivity index (χ1) is 14.2. The number of unbranched alkanes of at least 4 members (excludes halogenated alkanes) is 3. The first kappa shape index (κ1) is 21.1. The van der Waals surface area contributed by atoms with Crippen LogP contribution in [0.25, 0.3) is 0 Å². The Morgan fingerprint density at radius 2 is 1.72 bits per heavy atom. The lowest BCUT2D eigenvalue weighted by Crippen LogP contribution is -2.48. The van der Waals surface area contributed by atoms with E-state index in [0.717, 1.165) is 64.0 Å². The minimum Gasteiger partial charge on any atom is -0.491 e. The van der Waals surface area contributed by atoms with Gasteiger partial charge in [0.15, 0.2) is 11.6 Å². The maximum atomic E-state index is 13.4. The van der Waals surface area contributed by atoms with Gasteiger partial charge in [-0.05, 0) is 49.1 Å². The van der Waals surface area contributed by atoms with Crippen molar-refractivity contribution in [3.63, 3.8) is 0 Å². The van der Waals surface area contributed by atoms with E-state index >= 15 is 0 Å². The van der Waals surface area contributed by atoms with Crippen LogP contribution in [-0.2, 0) is 6.42 Å². The van der Waals surface area contributed by atoms with E-state index in [9.17, 15) is 9.18 Å². The fraction of sp³-hybridized carbons (Fsp3) is 0.435. The molecule has 0 aromatic heterocycles. The monoisotopic (exact) mass is 399 g/mol. The van der Waals surface area contributed by atoms with Crippen molar-refractivity contribution in [2.75, 3.05) is 38.1 Å². The molecule has 29 heavy (non-hydrogen) atoms. The zero-order valence-electron chi connectivity index (χ0n) is 16.8. The van der Waals surface area contributed by atoms with Gasteiger partial charge in [-0.2, -0.15) is 0 Å². The van der Waals surface area contributed by atoms with Crippen LogP contribution < -0.4 is 15.4 Å². The van der Waals surface area contributed by atoms with Gasteiger partial charge in [-0.25, -0.2) is 9.18 Å². The summed E-state index contributed by atoms with van der Waals surface area (Å²) < 4.78 is 18.9. The lowest BCUT2D eigenvalue weighted by atomic mass is 10.1. The number of rotatable bonds is 9. The number of carbonyl (C=O) groups excluding carboxylic acids is 1. The van der Waals surface area contributed by atoms with Crippen LogP contribution in [0.15, 0.2) is 48.5 Å². The summed E-state index contributed by atoms with van der Waals surface area (Å²) in [6, 6.07) is 14.6. The fourth-order valence-electron chi connectivity index (χ4n) is 3.35. The summed E-state index contributed by atoms with van der Waals surface area (Å²) in [4.78, 5) is 14.0. The molecule has 5 nitrogen and oxygen atoms in total. The second-order valence-electron chi connectivity index (χ2n) is 7.31. The summed E-state index contributed by atoms with van der Waals surface area (Å²) in [5.74, 6) is 0.0247. The number of hydrogen-bond acceptors (Lipinski definition) is 3. The zero-order valence-corrected chi connectivity index (χ0v) is 16.8. The van der Waals surface area contributed by atoms with Gasteiger partial charge in [-0.3, -0.25) is 0 Å².